The molecule has 0 spiro atoms. The van der Waals surface area contributed by atoms with Gasteiger partial charge in [0.15, 0.2) is 11.5 Å². The fourth-order valence-corrected chi connectivity index (χ4v) is 4.62. The topological polar surface area (TPSA) is 124 Å². The van der Waals surface area contributed by atoms with E-state index in [0.29, 0.717) is 40.9 Å². The summed E-state index contributed by atoms with van der Waals surface area (Å²) >= 11 is 1.13. The molecule has 0 bridgehead atoms. The number of rotatable bonds is 7. The molecular weight excluding hydrogens is 458 g/mol. The van der Waals surface area contributed by atoms with Crippen molar-refractivity contribution in [1.82, 2.24) is 14.8 Å². The number of nitrogens with zero attached hydrogens (tertiary/aromatic N) is 4. The Balaban J connectivity index is 1.25. The number of nitrogens with one attached hydrogen (secondary N) is 1. The normalized spacial score (nSPS) is 16.6. The Kier molecular flexibility index (Phi) is 6.17. The molecule has 2 aromatic heterocycles. The number of carbonyl (C=O) groups excluding carboxylic acids is 1. The van der Waals surface area contributed by atoms with Crippen LogP contribution < -0.4 is 14.8 Å². The van der Waals surface area contributed by atoms with Gasteiger partial charge < -0.3 is 28.5 Å². The minimum atomic E-state index is -0.268. The highest BCUT2D eigenvalue weighted by molar-refractivity contribution is 7.99. The molecule has 1 saturated heterocycles. The molecular formula is C23H23N5O5S. The smallest absolute Gasteiger partial charge is 0.277 e. The number of nitriles is 1. The quantitative estimate of drug-likeness (QED) is 0.503. The fourth-order valence-electron chi connectivity index (χ4n) is 4.06. The number of thioether (sulfide) groups is 1. The molecule has 4 heterocycles. The third kappa shape index (κ3) is 4.34. The molecule has 176 valence electrons. The summed E-state index contributed by atoms with van der Waals surface area (Å²) in [5.74, 6) is 1.90. The molecule has 10 nitrogen and oxygen atoms in total. The van der Waals surface area contributed by atoms with Gasteiger partial charge in [0.05, 0.1) is 24.0 Å². The minimum absolute atomic E-state index is 0.0524. The Hall–Kier alpha value is -3.49. The molecule has 0 unspecified atom stereocenters. The van der Waals surface area contributed by atoms with Crippen LogP contribution >= 0.6 is 11.8 Å². The number of benzene rings is 1. The Morgan fingerprint density at radius 3 is 2.94 bits per heavy atom. The van der Waals surface area contributed by atoms with Crippen molar-refractivity contribution in [3.8, 4) is 29.0 Å². The number of hydrogen-bond donors (Lipinski definition) is 1. The third-order valence-corrected chi connectivity index (χ3v) is 6.78. The van der Waals surface area contributed by atoms with Gasteiger partial charge in [-0.3, -0.25) is 4.79 Å². The van der Waals surface area contributed by atoms with Gasteiger partial charge >= 0.3 is 0 Å². The van der Waals surface area contributed by atoms with E-state index in [4.69, 9.17) is 18.6 Å². The Morgan fingerprint density at radius 1 is 1.29 bits per heavy atom. The van der Waals surface area contributed by atoms with Crippen LogP contribution in [0.3, 0.4) is 0 Å². The van der Waals surface area contributed by atoms with Crippen LogP contribution in [0.2, 0.25) is 0 Å². The lowest BCUT2D eigenvalue weighted by molar-refractivity contribution is -0.113. The first-order valence-electron chi connectivity index (χ1n) is 10.9. The maximum absolute atomic E-state index is 12.8. The summed E-state index contributed by atoms with van der Waals surface area (Å²) in [6, 6.07) is 7.58. The summed E-state index contributed by atoms with van der Waals surface area (Å²) < 4.78 is 24.1. The summed E-state index contributed by atoms with van der Waals surface area (Å²) in [5.41, 5.74) is 2.97. The molecule has 34 heavy (non-hydrogen) atoms. The summed E-state index contributed by atoms with van der Waals surface area (Å²) in [4.78, 5) is 12.8. The van der Waals surface area contributed by atoms with Crippen LogP contribution in [0, 0.1) is 25.2 Å². The highest BCUT2D eigenvalue weighted by atomic mass is 32.2. The van der Waals surface area contributed by atoms with Crippen molar-refractivity contribution in [2.45, 2.75) is 44.6 Å². The number of fused-ring (bicyclic) bond motifs is 1. The molecule has 0 saturated carbocycles. The van der Waals surface area contributed by atoms with Crippen molar-refractivity contribution in [1.29, 1.82) is 5.26 Å². The monoisotopic (exact) mass is 481 g/mol. The zero-order valence-electron chi connectivity index (χ0n) is 18.8. The molecule has 2 aliphatic rings. The van der Waals surface area contributed by atoms with Crippen LogP contribution in [-0.4, -0.2) is 45.9 Å². The summed E-state index contributed by atoms with van der Waals surface area (Å²) in [6.07, 6.45) is 2.06. The summed E-state index contributed by atoms with van der Waals surface area (Å²) in [5, 5.41) is 20.9. The van der Waals surface area contributed by atoms with E-state index in [2.05, 4.69) is 21.6 Å². The van der Waals surface area contributed by atoms with Crippen LogP contribution in [0.1, 0.15) is 29.7 Å². The van der Waals surface area contributed by atoms with Crippen molar-refractivity contribution in [2.24, 2.45) is 0 Å². The standard InChI is InChI=1S/C23H23N5O5S/c1-13-14(2)28(10-16-4-3-7-30-16)21(17(13)9-24)25-20(29)11-34-23-27-26-22(33-23)15-5-6-18-19(8-15)32-12-31-18/h5-6,8,16H,3-4,7,10-12H2,1-2H3,(H,25,29)/t16-/m1/s1. The van der Waals surface area contributed by atoms with Crippen LogP contribution in [0.5, 0.6) is 11.5 Å². The maximum Gasteiger partial charge on any atom is 0.277 e. The van der Waals surface area contributed by atoms with Gasteiger partial charge in [0.2, 0.25) is 18.6 Å². The van der Waals surface area contributed by atoms with Crippen LogP contribution in [0.15, 0.2) is 27.8 Å². The van der Waals surface area contributed by atoms with E-state index in [0.717, 1.165) is 42.5 Å². The highest BCUT2D eigenvalue weighted by Gasteiger charge is 2.24. The van der Waals surface area contributed by atoms with Gasteiger partial charge in [-0.1, -0.05) is 11.8 Å². The molecule has 1 N–H and O–H groups in total. The zero-order valence-corrected chi connectivity index (χ0v) is 19.6. The molecule has 1 amide bonds. The molecule has 1 atom stereocenters. The second-order valence-corrected chi connectivity index (χ2v) is 9.00. The maximum atomic E-state index is 12.8. The first-order chi connectivity index (χ1) is 16.5. The van der Waals surface area contributed by atoms with Crippen LogP contribution in [-0.2, 0) is 16.1 Å². The average molecular weight is 482 g/mol. The summed E-state index contributed by atoms with van der Waals surface area (Å²) in [6.45, 7) is 5.36. The number of anilines is 1. The van der Waals surface area contributed by atoms with Crippen molar-refractivity contribution in [2.75, 3.05) is 24.5 Å². The van der Waals surface area contributed by atoms with E-state index in [1.807, 2.05) is 18.4 Å². The number of hydrogen-bond acceptors (Lipinski definition) is 9. The number of aromatic nitrogens is 3. The third-order valence-electron chi connectivity index (χ3n) is 5.96. The van der Waals surface area contributed by atoms with Crippen LogP contribution in [0.4, 0.5) is 5.82 Å². The number of carbonyl (C=O) groups is 1. The molecule has 1 aromatic carbocycles. The van der Waals surface area contributed by atoms with E-state index >= 15 is 0 Å². The van der Waals surface area contributed by atoms with Crippen molar-refractivity contribution in [3.05, 3.63) is 35.0 Å². The second-order valence-electron chi connectivity index (χ2n) is 8.07. The lowest BCUT2D eigenvalue weighted by atomic mass is 10.2. The zero-order chi connectivity index (χ0) is 23.7. The van der Waals surface area contributed by atoms with Gasteiger partial charge in [0.25, 0.3) is 5.22 Å². The Labute approximate surface area is 200 Å². The van der Waals surface area contributed by atoms with E-state index < -0.39 is 0 Å². The molecule has 5 rings (SSSR count). The molecule has 2 aliphatic heterocycles. The molecule has 11 heteroatoms. The van der Waals surface area contributed by atoms with E-state index in [-0.39, 0.29) is 29.8 Å². The van der Waals surface area contributed by atoms with Gasteiger partial charge in [-0.15, -0.1) is 10.2 Å². The van der Waals surface area contributed by atoms with Gasteiger partial charge in [0, 0.05) is 17.9 Å². The lowest BCUT2D eigenvalue weighted by Crippen LogP contribution is -2.22. The van der Waals surface area contributed by atoms with Gasteiger partial charge in [-0.2, -0.15) is 5.26 Å². The molecule has 0 aliphatic carbocycles. The molecule has 0 radical (unpaired) electrons. The summed E-state index contributed by atoms with van der Waals surface area (Å²) in [7, 11) is 0. The van der Waals surface area contributed by atoms with Crippen molar-refractivity contribution >= 4 is 23.5 Å². The van der Waals surface area contributed by atoms with E-state index in [1.165, 1.54) is 0 Å². The average Bonchev–Trinajstić information content (AvgIpc) is 3.63. The number of amides is 1. The Bertz CT molecular complexity index is 1270. The number of ether oxygens (including phenoxy) is 3. The Morgan fingerprint density at radius 2 is 2.15 bits per heavy atom. The molecule has 1 fully saturated rings. The minimum Gasteiger partial charge on any atom is -0.454 e. The van der Waals surface area contributed by atoms with Crippen molar-refractivity contribution in [3.63, 3.8) is 0 Å². The lowest BCUT2D eigenvalue weighted by Gasteiger charge is -2.16. The van der Waals surface area contributed by atoms with Gasteiger partial charge in [0.1, 0.15) is 11.9 Å². The molecule has 3 aromatic rings. The fraction of sp³-hybridized carbons (Fsp3) is 0.391. The van der Waals surface area contributed by atoms with E-state index in [1.54, 1.807) is 18.2 Å². The van der Waals surface area contributed by atoms with E-state index in [9.17, 15) is 10.1 Å². The predicted molar refractivity (Wildman–Crippen MR) is 123 cm³/mol. The first-order valence-corrected chi connectivity index (χ1v) is 11.9. The van der Waals surface area contributed by atoms with Gasteiger partial charge in [-0.25, -0.2) is 0 Å². The largest absolute Gasteiger partial charge is 0.454 e. The highest BCUT2D eigenvalue weighted by Crippen LogP contribution is 2.36. The van der Waals surface area contributed by atoms with Crippen molar-refractivity contribution < 1.29 is 23.4 Å². The second kappa shape index (κ2) is 9.40. The van der Waals surface area contributed by atoms with Crippen LogP contribution in [0.25, 0.3) is 11.5 Å². The SMILES string of the molecule is Cc1c(C#N)c(NC(=O)CSc2nnc(-c3ccc4c(c3)OCO4)o2)n(C[C@H]2CCCO2)c1C. The first kappa shape index (κ1) is 22.3. The van der Waals surface area contributed by atoms with Gasteiger partial charge in [-0.05, 0) is 50.5 Å². The predicted octanol–water partition coefficient (Wildman–Crippen LogP) is 3.67.